The quantitative estimate of drug-likeness (QED) is 0.705. The molecule has 132 valence electrons. The van der Waals surface area contributed by atoms with Crippen LogP contribution in [0, 0.1) is 0 Å². The number of amides is 1. The number of cyclic esters (lactones) is 1. The molecule has 0 saturated carbocycles. The zero-order valence-electron chi connectivity index (χ0n) is 14.5. The minimum atomic E-state index is -0.776. The molecule has 1 saturated heterocycles. The second kappa shape index (κ2) is 8.14. The van der Waals surface area contributed by atoms with E-state index in [2.05, 4.69) is 0 Å². The van der Waals surface area contributed by atoms with Crippen molar-refractivity contribution < 1.29 is 19.0 Å². The molecule has 1 fully saturated rings. The summed E-state index contributed by atoms with van der Waals surface area (Å²) < 4.78 is 17.1. The number of ether oxygens (including phenoxy) is 3. The van der Waals surface area contributed by atoms with E-state index in [1.807, 2.05) is 74.5 Å². The van der Waals surface area contributed by atoms with Crippen molar-refractivity contribution in [2.45, 2.75) is 32.4 Å². The molecule has 5 nitrogen and oxygen atoms in total. The van der Waals surface area contributed by atoms with Crippen LogP contribution in [0.15, 0.2) is 60.7 Å². The lowest BCUT2D eigenvalue weighted by Crippen LogP contribution is -2.42. The SMILES string of the molecule is CCOC(OCC)N1C(=O)O[C@H](c2ccccc2)[C@@H]1c1ccccc1. The first-order valence-electron chi connectivity index (χ1n) is 8.58. The molecule has 0 N–H and O–H groups in total. The van der Waals surface area contributed by atoms with Crippen molar-refractivity contribution in [1.29, 1.82) is 0 Å². The van der Waals surface area contributed by atoms with Gasteiger partial charge in [-0.25, -0.2) is 9.69 Å². The second-order valence-corrected chi connectivity index (χ2v) is 5.70. The molecule has 25 heavy (non-hydrogen) atoms. The number of hydrogen-bond donors (Lipinski definition) is 0. The number of rotatable bonds is 7. The molecule has 2 atom stereocenters. The van der Waals surface area contributed by atoms with Gasteiger partial charge < -0.3 is 14.2 Å². The van der Waals surface area contributed by atoms with Gasteiger partial charge >= 0.3 is 6.09 Å². The van der Waals surface area contributed by atoms with Crippen LogP contribution < -0.4 is 0 Å². The summed E-state index contributed by atoms with van der Waals surface area (Å²) >= 11 is 0. The van der Waals surface area contributed by atoms with Gasteiger partial charge in [0.05, 0.1) is 0 Å². The van der Waals surface area contributed by atoms with Crippen LogP contribution in [0.3, 0.4) is 0 Å². The maximum atomic E-state index is 12.7. The number of nitrogens with zero attached hydrogens (tertiary/aromatic N) is 1. The smallest absolute Gasteiger partial charge is 0.415 e. The topological polar surface area (TPSA) is 48.0 Å². The highest BCUT2D eigenvalue weighted by molar-refractivity contribution is 5.71. The zero-order chi connectivity index (χ0) is 17.6. The minimum Gasteiger partial charge on any atom is -0.438 e. The monoisotopic (exact) mass is 341 g/mol. The minimum absolute atomic E-state index is 0.320. The van der Waals surface area contributed by atoms with E-state index in [0.717, 1.165) is 11.1 Å². The van der Waals surface area contributed by atoms with Crippen molar-refractivity contribution in [3.8, 4) is 0 Å². The molecule has 0 unspecified atom stereocenters. The first kappa shape index (κ1) is 17.5. The van der Waals surface area contributed by atoms with Gasteiger partial charge in [0.2, 0.25) is 6.41 Å². The Morgan fingerprint density at radius 3 is 1.96 bits per heavy atom. The molecule has 1 heterocycles. The Morgan fingerprint density at radius 1 is 0.920 bits per heavy atom. The molecular formula is C20H23NO4. The molecule has 0 aromatic heterocycles. The second-order valence-electron chi connectivity index (χ2n) is 5.70. The van der Waals surface area contributed by atoms with Crippen LogP contribution in [0.4, 0.5) is 4.79 Å². The van der Waals surface area contributed by atoms with Crippen LogP contribution in [-0.2, 0) is 14.2 Å². The normalized spacial score (nSPS) is 20.1. The average Bonchev–Trinajstić information content (AvgIpc) is 3.00. The highest BCUT2D eigenvalue weighted by Gasteiger charge is 2.47. The van der Waals surface area contributed by atoms with Crippen LogP contribution in [0.2, 0.25) is 0 Å². The lowest BCUT2D eigenvalue weighted by molar-refractivity contribution is -0.210. The van der Waals surface area contributed by atoms with Gasteiger partial charge in [-0.15, -0.1) is 0 Å². The lowest BCUT2D eigenvalue weighted by atomic mass is 9.95. The van der Waals surface area contributed by atoms with Crippen LogP contribution in [0.25, 0.3) is 0 Å². The highest BCUT2D eigenvalue weighted by Crippen LogP contribution is 2.44. The molecule has 2 aromatic rings. The van der Waals surface area contributed by atoms with E-state index in [1.165, 1.54) is 0 Å². The molecule has 0 spiro atoms. The lowest BCUT2D eigenvalue weighted by Gasteiger charge is -2.31. The van der Waals surface area contributed by atoms with Gasteiger partial charge in [0.25, 0.3) is 0 Å². The fraction of sp³-hybridized carbons (Fsp3) is 0.350. The number of hydrogen-bond acceptors (Lipinski definition) is 4. The van der Waals surface area contributed by atoms with Crippen molar-refractivity contribution in [3.63, 3.8) is 0 Å². The van der Waals surface area contributed by atoms with E-state index in [0.29, 0.717) is 13.2 Å². The fourth-order valence-corrected chi connectivity index (χ4v) is 3.08. The molecule has 2 aromatic carbocycles. The molecule has 1 aliphatic rings. The third-order valence-electron chi connectivity index (χ3n) is 4.14. The van der Waals surface area contributed by atoms with Crippen molar-refractivity contribution in [2.75, 3.05) is 13.2 Å². The van der Waals surface area contributed by atoms with Crippen molar-refractivity contribution in [3.05, 3.63) is 71.8 Å². The molecule has 5 heteroatoms. The van der Waals surface area contributed by atoms with Crippen molar-refractivity contribution in [2.24, 2.45) is 0 Å². The Bertz CT molecular complexity index is 671. The Kier molecular flexibility index (Phi) is 5.68. The van der Waals surface area contributed by atoms with Crippen LogP contribution in [0.5, 0.6) is 0 Å². The highest BCUT2D eigenvalue weighted by atomic mass is 16.7. The maximum absolute atomic E-state index is 12.7. The van der Waals surface area contributed by atoms with E-state index in [1.54, 1.807) is 4.90 Å². The Morgan fingerprint density at radius 2 is 1.44 bits per heavy atom. The summed E-state index contributed by atoms with van der Waals surface area (Å²) in [6, 6.07) is 19.3. The van der Waals surface area contributed by atoms with E-state index in [-0.39, 0.29) is 6.04 Å². The van der Waals surface area contributed by atoms with Gasteiger partial charge in [-0.1, -0.05) is 60.7 Å². The van der Waals surface area contributed by atoms with Crippen LogP contribution >= 0.6 is 0 Å². The number of benzene rings is 2. The van der Waals surface area contributed by atoms with Gasteiger partial charge in [0.15, 0.2) is 6.10 Å². The summed E-state index contributed by atoms with van der Waals surface area (Å²) in [7, 11) is 0. The zero-order valence-corrected chi connectivity index (χ0v) is 14.5. The van der Waals surface area contributed by atoms with E-state index < -0.39 is 18.6 Å². The molecule has 0 radical (unpaired) electrons. The summed E-state index contributed by atoms with van der Waals surface area (Å²) in [4.78, 5) is 14.2. The van der Waals surface area contributed by atoms with E-state index in [9.17, 15) is 4.79 Å². The van der Waals surface area contributed by atoms with Crippen molar-refractivity contribution in [1.82, 2.24) is 4.90 Å². The van der Waals surface area contributed by atoms with Gasteiger partial charge in [-0.05, 0) is 25.0 Å². The van der Waals surface area contributed by atoms with Gasteiger partial charge in [0.1, 0.15) is 6.04 Å². The largest absolute Gasteiger partial charge is 0.438 e. The van der Waals surface area contributed by atoms with Gasteiger partial charge in [0, 0.05) is 13.2 Å². The summed E-state index contributed by atoms with van der Waals surface area (Å²) in [5.74, 6) is 0. The summed E-state index contributed by atoms with van der Waals surface area (Å²) in [6.45, 7) is 4.62. The molecule has 3 rings (SSSR count). The van der Waals surface area contributed by atoms with Crippen LogP contribution in [0.1, 0.15) is 37.1 Å². The van der Waals surface area contributed by atoms with Gasteiger partial charge in [-0.2, -0.15) is 0 Å². The Balaban J connectivity index is 2.02. The van der Waals surface area contributed by atoms with E-state index >= 15 is 0 Å². The predicted molar refractivity (Wildman–Crippen MR) is 93.7 cm³/mol. The van der Waals surface area contributed by atoms with Crippen LogP contribution in [-0.4, -0.2) is 30.6 Å². The van der Waals surface area contributed by atoms with Crippen molar-refractivity contribution >= 4 is 6.09 Å². The number of carbonyl (C=O) groups excluding carboxylic acids is 1. The van der Waals surface area contributed by atoms with Gasteiger partial charge in [-0.3, -0.25) is 0 Å². The standard InChI is InChI=1S/C20H23NO4/c1-3-23-20(24-4-2)21-17(15-11-7-5-8-12-15)18(25-19(21)22)16-13-9-6-10-14-16/h5-14,17-18,20H,3-4H2,1-2H3/t17-,18+/m0/s1. The first-order valence-corrected chi connectivity index (χ1v) is 8.58. The molecule has 1 aliphatic heterocycles. The molecule has 1 amide bonds. The van der Waals surface area contributed by atoms with E-state index in [4.69, 9.17) is 14.2 Å². The maximum Gasteiger partial charge on any atom is 0.415 e. The molecule has 0 bridgehead atoms. The Labute approximate surface area is 148 Å². The summed E-state index contributed by atoms with van der Waals surface area (Å²) in [5.41, 5.74) is 1.92. The first-order chi connectivity index (χ1) is 12.3. The summed E-state index contributed by atoms with van der Waals surface area (Å²) in [6.07, 6.45) is -1.63. The third-order valence-corrected chi connectivity index (χ3v) is 4.14. The predicted octanol–water partition coefficient (Wildman–Crippen LogP) is 4.28. The average molecular weight is 341 g/mol. The number of carbonyl (C=O) groups is 1. The fourth-order valence-electron chi connectivity index (χ4n) is 3.08. The summed E-state index contributed by atoms with van der Waals surface area (Å²) in [5, 5.41) is 0. The molecular weight excluding hydrogens is 318 g/mol. The molecule has 0 aliphatic carbocycles. The Hall–Kier alpha value is -2.37. The third kappa shape index (κ3) is 3.67.